The number of hydrogen-bond donors (Lipinski definition) is 0. The molecule has 0 N–H and O–H groups in total. The highest BCUT2D eigenvalue weighted by Crippen LogP contribution is 2.36. The minimum atomic E-state index is -5.32. The first kappa shape index (κ1) is 10.9. The molecule has 0 aromatic heterocycles. The average Bonchev–Trinajstić information content (AvgIpc) is 1.87. The fourth-order valence-electron chi connectivity index (χ4n) is 0.197. The van der Waals surface area contributed by atoms with Gasteiger partial charge in [0.25, 0.3) is 0 Å². The third-order valence-corrected chi connectivity index (χ3v) is 0.781. The maximum Gasteiger partial charge on any atom is 0.478 e. The lowest BCUT2D eigenvalue weighted by molar-refractivity contribution is -0.477. The highest BCUT2D eigenvalue weighted by molar-refractivity contribution is 6.17. The Balaban J connectivity index is 4.26. The van der Waals surface area contributed by atoms with Gasteiger partial charge in [0, 0.05) is 0 Å². The van der Waals surface area contributed by atoms with E-state index in [9.17, 15) is 22.1 Å². The molecule has 0 saturated carbocycles. The summed E-state index contributed by atoms with van der Waals surface area (Å²) in [7, 11) is 0. The minimum Gasteiger partial charge on any atom is -0.297 e. The summed E-state index contributed by atoms with van der Waals surface area (Å²) in [5, 5.41) is 0. The summed E-state index contributed by atoms with van der Waals surface area (Å²) in [6.07, 6.45) is -10.4. The van der Waals surface area contributed by atoms with Gasteiger partial charge in [0.15, 0.2) is 0 Å². The Bertz CT molecular complexity index is 129. The van der Waals surface area contributed by atoms with Gasteiger partial charge in [-0.25, -0.2) is 0 Å². The van der Waals surface area contributed by atoms with Crippen LogP contribution in [0.2, 0.25) is 0 Å². The van der Waals surface area contributed by atoms with Crippen LogP contribution in [0.4, 0.5) is 22.1 Å². The van der Waals surface area contributed by atoms with Crippen LogP contribution in [0.15, 0.2) is 0 Å². The molecule has 0 amide bonds. The van der Waals surface area contributed by atoms with Gasteiger partial charge in [-0.3, -0.25) is 4.74 Å². The highest BCUT2D eigenvalue weighted by atomic mass is 35.5. The minimum absolute atomic E-state index is 1.20. The Morgan fingerprint density at radius 1 is 1.09 bits per heavy atom. The average molecular weight is 200 g/mol. The van der Waals surface area contributed by atoms with Crippen molar-refractivity contribution in [1.82, 2.24) is 0 Å². The molecule has 68 valence electrons. The first-order valence-electron chi connectivity index (χ1n) is 2.12. The molecule has 0 aromatic carbocycles. The number of hydrogen-bond acceptors (Lipinski definition) is 2. The molecule has 11 heavy (non-hydrogen) atoms. The number of halogens is 6. The number of alkyl halides is 5. The van der Waals surface area contributed by atoms with E-state index in [4.69, 9.17) is 0 Å². The first-order valence-corrected chi connectivity index (χ1v) is 2.66. The third kappa shape index (κ3) is 2.42. The molecule has 0 spiro atoms. The molecule has 0 rings (SSSR count). The van der Waals surface area contributed by atoms with E-state index in [2.05, 4.69) is 16.3 Å². The molecule has 0 saturated heterocycles. The molecular formula is C3H2ClF5O2. The molecule has 2 nitrogen and oxygen atoms in total. The first-order chi connectivity index (χ1) is 4.87. The van der Waals surface area contributed by atoms with Crippen LogP contribution in [0.5, 0.6) is 0 Å². The van der Waals surface area contributed by atoms with E-state index in [-0.39, 0.29) is 0 Å². The van der Waals surface area contributed by atoms with Gasteiger partial charge in [0.2, 0.25) is 0 Å². The number of ether oxygens (including phenoxy) is 1. The smallest absolute Gasteiger partial charge is 0.297 e. The molecule has 0 fully saturated rings. The monoisotopic (exact) mass is 200 g/mol. The van der Waals surface area contributed by atoms with Crippen molar-refractivity contribution in [1.29, 1.82) is 0 Å². The van der Waals surface area contributed by atoms with Crippen LogP contribution in [-0.4, -0.2) is 18.3 Å². The zero-order chi connectivity index (χ0) is 9.12. The van der Waals surface area contributed by atoms with E-state index in [0.717, 1.165) is 0 Å². The summed E-state index contributed by atoms with van der Waals surface area (Å²) in [4.78, 5) is 1.69. The summed E-state index contributed by atoms with van der Waals surface area (Å²) in [6, 6.07) is -1.20. The molecule has 8 heteroatoms. The molecule has 0 heterocycles. The van der Waals surface area contributed by atoms with Crippen LogP contribution >= 0.6 is 11.6 Å². The van der Waals surface area contributed by atoms with E-state index in [1.54, 1.807) is 4.94 Å². The van der Waals surface area contributed by atoms with Crippen molar-refractivity contribution in [3.05, 3.63) is 0 Å². The van der Waals surface area contributed by atoms with Gasteiger partial charge in [0.05, 0.1) is 0 Å². The summed E-state index contributed by atoms with van der Waals surface area (Å²) >= 11 is 4.54. The Morgan fingerprint density at radius 3 is 1.82 bits per heavy atom. The van der Waals surface area contributed by atoms with Crippen molar-refractivity contribution in [2.75, 3.05) is 6.07 Å². The lowest BCUT2D eigenvalue weighted by atomic mass is 10.6. The number of rotatable bonds is 4. The van der Waals surface area contributed by atoms with Crippen molar-refractivity contribution in [2.45, 2.75) is 12.2 Å². The van der Waals surface area contributed by atoms with Crippen LogP contribution in [-0.2, 0) is 9.68 Å². The van der Waals surface area contributed by atoms with Crippen LogP contribution < -0.4 is 0 Å². The lowest BCUT2D eigenvalue weighted by Gasteiger charge is -2.20. The Kier molecular flexibility index (Phi) is 3.46. The maximum atomic E-state index is 11.8. The van der Waals surface area contributed by atoms with E-state index < -0.39 is 18.3 Å². The third-order valence-electron chi connectivity index (χ3n) is 0.672. The Hall–Kier alpha value is -0.140. The predicted octanol–water partition coefficient (Wildman–Crippen LogP) is 2.29. The lowest BCUT2D eigenvalue weighted by Crippen LogP contribution is -2.43. The van der Waals surface area contributed by atoms with E-state index >= 15 is 0 Å². The Labute approximate surface area is 62.7 Å². The van der Waals surface area contributed by atoms with Crippen molar-refractivity contribution in [3.63, 3.8) is 0 Å². The fourth-order valence-corrected chi connectivity index (χ4v) is 0.334. The maximum absolute atomic E-state index is 11.8. The van der Waals surface area contributed by atoms with Gasteiger partial charge < -0.3 is 0 Å². The summed E-state index contributed by atoms with van der Waals surface area (Å²) in [6.45, 7) is 0. The molecule has 0 unspecified atom stereocenters. The predicted molar refractivity (Wildman–Crippen MR) is 23.9 cm³/mol. The zero-order valence-corrected chi connectivity index (χ0v) is 5.55. The fraction of sp³-hybridized carbons (Fsp3) is 1.00. The van der Waals surface area contributed by atoms with Crippen molar-refractivity contribution >= 4 is 11.6 Å². The molecule has 0 aliphatic heterocycles. The van der Waals surface area contributed by atoms with Gasteiger partial charge in [-0.15, -0.1) is 4.94 Å². The van der Waals surface area contributed by atoms with Gasteiger partial charge in [-0.1, -0.05) is 11.6 Å². The molecule has 0 aromatic rings. The summed E-state index contributed by atoms with van der Waals surface area (Å²) in [5.74, 6) is 0. The quantitative estimate of drug-likeness (QED) is 0.512. The summed E-state index contributed by atoms with van der Waals surface area (Å²) < 4.78 is 60.5. The molecule has 0 bridgehead atoms. The van der Waals surface area contributed by atoms with Crippen molar-refractivity contribution < 1.29 is 31.8 Å². The zero-order valence-electron chi connectivity index (χ0n) is 4.79. The van der Waals surface area contributed by atoms with Gasteiger partial charge in [-0.2, -0.15) is 17.6 Å². The van der Waals surface area contributed by atoms with Gasteiger partial charge in [-0.05, 0) is 4.53 Å². The second kappa shape index (κ2) is 3.51. The van der Waals surface area contributed by atoms with Crippen LogP contribution in [0.25, 0.3) is 0 Å². The second-order valence-corrected chi connectivity index (χ2v) is 1.58. The summed E-state index contributed by atoms with van der Waals surface area (Å²) in [5.41, 5.74) is 0. The van der Waals surface area contributed by atoms with E-state index in [1.807, 2.05) is 0 Å². The molecule has 0 aliphatic rings. The second-order valence-electron chi connectivity index (χ2n) is 1.36. The Morgan fingerprint density at radius 2 is 1.55 bits per heavy atom. The molecule has 0 atom stereocenters. The van der Waals surface area contributed by atoms with E-state index in [0.29, 0.717) is 0 Å². The van der Waals surface area contributed by atoms with Crippen LogP contribution in [0.1, 0.15) is 0 Å². The van der Waals surface area contributed by atoms with Crippen molar-refractivity contribution in [2.24, 2.45) is 0 Å². The highest BCUT2D eigenvalue weighted by Gasteiger charge is 2.61. The molecule has 0 radical (unpaired) electrons. The topological polar surface area (TPSA) is 18.5 Å². The standard InChI is InChI=1S/C3H2ClF5O2/c4-1-10-2(5,6)3(7,8)11-9/h1H2. The SMILES string of the molecule is FOC(F)(F)C(F)(F)OCCl. The molecule has 0 aliphatic carbocycles. The van der Waals surface area contributed by atoms with Crippen LogP contribution in [0.3, 0.4) is 0 Å². The largest absolute Gasteiger partial charge is 0.478 e. The van der Waals surface area contributed by atoms with Crippen molar-refractivity contribution in [3.8, 4) is 0 Å². The van der Waals surface area contributed by atoms with E-state index in [1.165, 1.54) is 0 Å². The normalized spacial score (nSPS) is 13.6. The van der Waals surface area contributed by atoms with Gasteiger partial charge in [0.1, 0.15) is 6.07 Å². The van der Waals surface area contributed by atoms with Crippen LogP contribution in [0, 0.1) is 0 Å². The molecular weight excluding hydrogens is 198 g/mol. The van der Waals surface area contributed by atoms with Gasteiger partial charge >= 0.3 is 12.2 Å².